The van der Waals surface area contributed by atoms with Gasteiger partial charge >= 0.3 is 0 Å². The normalized spacial score (nSPS) is 20.5. The third-order valence-electron chi connectivity index (χ3n) is 3.95. The number of rotatable bonds is 4. The standard InChI is InChI=1S/C16H17ClN4O2/c17-13-5-2-1-4-12(13)15(23)20-14-9-21(8-11(14)10-22)16-18-6-3-7-19-16/h1-7,11,14,22H,8-10H2,(H,20,23). The zero-order valence-corrected chi connectivity index (χ0v) is 13.1. The Morgan fingerprint density at radius 3 is 2.70 bits per heavy atom. The number of benzene rings is 1. The molecule has 7 heteroatoms. The lowest BCUT2D eigenvalue weighted by atomic mass is 10.0. The van der Waals surface area contributed by atoms with E-state index >= 15 is 0 Å². The molecule has 1 saturated heterocycles. The van der Waals surface area contributed by atoms with Crippen molar-refractivity contribution in [2.45, 2.75) is 6.04 Å². The lowest BCUT2D eigenvalue weighted by Crippen LogP contribution is -2.41. The van der Waals surface area contributed by atoms with Crippen LogP contribution in [0.3, 0.4) is 0 Å². The van der Waals surface area contributed by atoms with Crippen LogP contribution in [0.4, 0.5) is 5.95 Å². The Hall–Kier alpha value is -2.18. The van der Waals surface area contributed by atoms with E-state index < -0.39 is 0 Å². The molecule has 0 radical (unpaired) electrons. The van der Waals surface area contributed by atoms with Crippen LogP contribution in [-0.2, 0) is 0 Å². The molecule has 1 aliphatic rings. The fourth-order valence-corrected chi connectivity index (χ4v) is 2.95. The van der Waals surface area contributed by atoms with Crippen LogP contribution in [0.2, 0.25) is 5.02 Å². The molecule has 3 rings (SSSR count). The third kappa shape index (κ3) is 3.43. The molecule has 23 heavy (non-hydrogen) atoms. The predicted octanol–water partition coefficient (Wildman–Crippen LogP) is 1.36. The van der Waals surface area contributed by atoms with Crippen molar-refractivity contribution in [3.05, 3.63) is 53.3 Å². The number of amides is 1. The Morgan fingerprint density at radius 1 is 1.26 bits per heavy atom. The van der Waals surface area contributed by atoms with Gasteiger partial charge in [0.05, 0.1) is 16.6 Å². The van der Waals surface area contributed by atoms with Crippen molar-refractivity contribution in [2.75, 3.05) is 24.6 Å². The zero-order valence-electron chi connectivity index (χ0n) is 12.4. The van der Waals surface area contributed by atoms with Crippen LogP contribution in [0.1, 0.15) is 10.4 Å². The summed E-state index contributed by atoms with van der Waals surface area (Å²) in [5, 5.41) is 13.0. The Morgan fingerprint density at radius 2 is 2.00 bits per heavy atom. The maximum atomic E-state index is 12.4. The second kappa shape index (κ2) is 6.93. The quantitative estimate of drug-likeness (QED) is 0.884. The van der Waals surface area contributed by atoms with Gasteiger partial charge in [-0.15, -0.1) is 0 Å². The van der Waals surface area contributed by atoms with Crippen molar-refractivity contribution < 1.29 is 9.90 Å². The lowest BCUT2D eigenvalue weighted by molar-refractivity contribution is 0.0922. The first-order chi connectivity index (χ1) is 11.2. The van der Waals surface area contributed by atoms with Crippen molar-refractivity contribution in [2.24, 2.45) is 5.92 Å². The number of aliphatic hydroxyl groups excluding tert-OH is 1. The van der Waals surface area contributed by atoms with E-state index in [0.29, 0.717) is 29.6 Å². The number of nitrogens with one attached hydrogen (secondary N) is 1. The molecule has 1 aromatic carbocycles. The van der Waals surface area contributed by atoms with Gasteiger partial charge in [-0.3, -0.25) is 4.79 Å². The van der Waals surface area contributed by atoms with Crippen LogP contribution in [0.15, 0.2) is 42.7 Å². The molecule has 120 valence electrons. The maximum Gasteiger partial charge on any atom is 0.253 e. The number of carbonyl (C=O) groups excluding carboxylic acids is 1. The van der Waals surface area contributed by atoms with Gasteiger partial charge in [0.15, 0.2) is 0 Å². The molecule has 2 aromatic rings. The zero-order chi connectivity index (χ0) is 16.2. The van der Waals surface area contributed by atoms with E-state index in [0.717, 1.165) is 0 Å². The van der Waals surface area contributed by atoms with Crippen LogP contribution in [0.5, 0.6) is 0 Å². The predicted molar refractivity (Wildman–Crippen MR) is 87.5 cm³/mol. The first kappa shape index (κ1) is 15.7. The molecule has 6 nitrogen and oxygen atoms in total. The summed E-state index contributed by atoms with van der Waals surface area (Å²) < 4.78 is 0. The molecule has 1 aromatic heterocycles. The van der Waals surface area contributed by atoms with E-state index in [1.165, 1.54) is 0 Å². The van der Waals surface area contributed by atoms with Crippen LogP contribution in [0.25, 0.3) is 0 Å². The summed E-state index contributed by atoms with van der Waals surface area (Å²) in [5.41, 5.74) is 0.431. The van der Waals surface area contributed by atoms with Gasteiger partial charge in [0.2, 0.25) is 5.95 Å². The summed E-state index contributed by atoms with van der Waals surface area (Å²) in [5.74, 6) is 0.278. The summed E-state index contributed by atoms with van der Waals surface area (Å²) in [6, 6.07) is 8.47. The lowest BCUT2D eigenvalue weighted by Gasteiger charge is -2.18. The molecule has 2 heterocycles. The van der Waals surface area contributed by atoms with Crippen LogP contribution < -0.4 is 10.2 Å². The Bertz CT molecular complexity index is 683. The number of hydrogen-bond donors (Lipinski definition) is 2. The molecule has 2 unspecified atom stereocenters. The molecule has 1 aliphatic heterocycles. The number of nitrogens with zero attached hydrogens (tertiary/aromatic N) is 3. The van der Waals surface area contributed by atoms with E-state index in [4.69, 9.17) is 11.6 Å². The number of halogens is 1. The van der Waals surface area contributed by atoms with Crippen LogP contribution in [0, 0.1) is 5.92 Å². The second-order valence-electron chi connectivity index (χ2n) is 5.46. The van der Waals surface area contributed by atoms with Gasteiger partial charge in [-0.25, -0.2) is 9.97 Å². The number of aliphatic hydroxyl groups is 1. The van der Waals surface area contributed by atoms with Crippen LogP contribution >= 0.6 is 11.6 Å². The van der Waals surface area contributed by atoms with Crippen molar-refractivity contribution in [1.29, 1.82) is 0 Å². The first-order valence-electron chi connectivity index (χ1n) is 7.37. The maximum absolute atomic E-state index is 12.4. The molecule has 1 fully saturated rings. The van der Waals surface area contributed by atoms with E-state index in [1.54, 1.807) is 42.7 Å². The number of carbonyl (C=O) groups is 1. The third-order valence-corrected chi connectivity index (χ3v) is 4.28. The summed E-state index contributed by atoms with van der Waals surface area (Å²) >= 11 is 6.06. The smallest absolute Gasteiger partial charge is 0.253 e. The molecular weight excluding hydrogens is 316 g/mol. The fraction of sp³-hybridized carbons (Fsp3) is 0.312. The Kier molecular flexibility index (Phi) is 4.73. The SMILES string of the molecule is O=C(NC1CN(c2ncccn2)CC1CO)c1ccccc1Cl. The Balaban J connectivity index is 1.72. The highest BCUT2D eigenvalue weighted by Crippen LogP contribution is 2.22. The second-order valence-corrected chi connectivity index (χ2v) is 5.86. The van der Waals surface area contributed by atoms with Gasteiger partial charge < -0.3 is 15.3 Å². The molecule has 2 atom stereocenters. The number of aromatic nitrogens is 2. The number of anilines is 1. The minimum absolute atomic E-state index is 0.0171. The van der Waals surface area contributed by atoms with Crippen LogP contribution in [-0.4, -0.2) is 46.7 Å². The van der Waals surface area contributed by atoms with Gasteiger partial charge in [-0.05, 0) is 18.2 Å². The van der Waals surface area contributed by atoms with Crippen molar-refractivity contribution in [3.63, 3.8) is 0 Å². The topological polar surface area (TPSA) is 78.4 Å². The van der Waals surface area contributed by atoms with Gasteiger partial charge in [-0.1, -0.05) is 23.7 Å². The monoisotopic (exact) mass is 332 g/mol. The highest BCUT2D eigenvalue weighted by Gasteiger charge is 2.34. The fourth-order valence-electron chi connectivity index (χ4n) is 2.73. The average molecular weight is 333 g/mol. The van der Waals surface area contributed by atoms with E-state index in [1.807, 2.05) is 4.90 Å². The first-order valence-corrected chi connectivity index (χ1v) is 7.75. The van der Waals surface area contributed by atoms with Gasteiger partial charge in [0.25, 0.3) is 5.91 Å². The Labute approximate surface area is 139 Å². The minimum atomic E-state index is -0.241. The number of hydrogen-bond acceptors (Lipinski definition) is 5. The molecule has 0 aliphatic carbocycles. The molecule has 0 spiro atoms. The molecule has 1 amide bonds. The van der Waals surface area contributed by atoms with E-state index in [2.05, 4.69) is 15.3 Å². The highest BCUT2D eigenvalue weighted by molar-refractivity contribution is 6.33. The largest absolute Gasteiger partial charge is 0.396 e. The van der Waals surface area contributed by atoms with E-state index in [9.17, 15) is 9.90 Å². The minimum Gasteiger partial charge on any atom is -0.396 e. The molecular formula is C16H17ClN4O2. The van der Waals surface area contributed by atoms with Crippen molar-refractivity contribution in [3.8, 4) is 0 Å². The van der Waals surface area contributed by atoms with E-state index in [-0.39, 0.29) is 24.5 Å². The summed E-state index contributed by atoms with van der Waals surface area (Å²) in [6.07, 6.45) is 3.35. The summed E-state index contributed by atoms with van der Waals surface area (Å²) in [6.45, 7) is 1.12. The average Bonchev–Trinajstić information content (AvgIpc) is 2.99. The van der Waals surface area contributed by atoms with Gasteiger partial charge in [0, 0.05) is 38.0 Å². The summed E-state index contributed by atoms with van der Waals surface area (Å²) in [4.78, 5) is 22.8. The molecule has 0 bridgehead atoms. The van der Waals surface area contributed by atoms with Gasteiger partial charge in [0.1, 0.15) is 0 Å². The highest BCUT2D eigenvalue weighted by atomic mass is 35.5. The molecule has 0 saturated carbocycles. The summed E-state index contributed by atoms with van der Waals surface area (Å²) in [7, 11) is 0. The van der Waals surface area contributed by atoms with Gasteiger partial charge in [-0.2, -0.15) is 0 Å². The molecule has 2 N–H and O–H groups in total. The van der Waals surface area contributed by atoms with Crippen molar-refractivity contribution in [1.82, 2.24) is 15.3 Å². The van der Waals surface area contributed by atoms with Crippen molar-refractivity contribution >= 4 is 23.5 Å².